The second kappa shape index (κ2) is 5.66. The van der Waals surface area contributed by atoms with Gasteiger partial charge in [0.15, 0.2) is 5.17 Å². The van der Waals surface area contributed by atoms with E-state index in [-0.39, 0.29) is 0 Å². The van der Waals surface area contributed by atoms with Crippen LogP contribution in [0.25, 0.3) is 0 Å². The van der Waals surface area contributed by atoms with Crippen molar-refractivity contribution in [1.82, 2.24) is 5.32 Å². The maximum atomic E-state index is 4.64. The smallest absolute Gasteiger partial charge is 0.156 e. The normalized spacial score (nSPS) is 20.3. The number of thioether (sulfide) groups is 1. The molecule has 1 aromatic heterocycles. The van der Waals surface area contributed by atoms with E-state index in [1.807, 2.05) is 23.1 Å². The molecule has 2 heterocycles. The van der Waals surface area contributed by atoms with Crippen LogP contribution < -0.4 is 5.32 Å². The highest BCUT2D eigenvalue weighted by Gasteiger charge is 2.23. The van der Waals surface area contributed by atoms with E-state index in [1.54, 1.807) is 0 Å². The molecule has 0 bridgehead atoms. The van der Waals surface area contributed by atoms with E-state index >= 15 is 0 Å². The van der Waals surface area contributed by atoms with Gasteiger partial charge in [-0.15, -0.1) is 11.3 Å². The van der Waals surface area contributed by atoms with Gasteiger partial charge in [-0.25, -0.2) is 0 Å². The molecule has 1 aliphatic rings. The third-order valence-electron chi connectivity index (χ3n) is 2.92. The van der Waals surface area contributed by atoms with Gasteiger partial charge < -0.3 is 5.32 Å². The Morgan fingerprint density at radius 3 is 2.78 bits per heavy atom. The molecule has 0 saturated heterocycles. The molecule has 1 N–H and O–H groups in total. The summed E-state index contributed by atoms with van der Waals surface area (Å²) in [5.74, 6) is 1.16. The number of rotatable bonds is 3. The van der Waals surface area contributed by atoms with Gasteiger partial charge in [0, 0.05) is 34.5 Å². The summed E-state index contributed by atoms with van der Waals surface area (Å²) in [6, 6.07) is 4.88. The molecule has 0 fully saturated rings. The Kier molecular flexibility index (Phi) is 4.38. The minimum absolute atomic E-state index is 0.351. The van der Waals surface area contributed by atoms with E-state index in [2.05, 4.69) is 50.1 Å². The van der Waals surface area contributed by atoms with Crippen LogP contribution in [0.3, 0.4) is 0 Å². The average Bonchev–Trinajstić information content (AvgIpc) is 2.67. The Hall–Kier alpha value is -0.480. The molecular formula is C14H22N2S2. The number of hydrogen-bond donors (Lipinski definition) is 1. The molecule has 0 radical (unpaired) electrons. The first kappa shape index (κ1) is 13.9. The first-order valence-corrected chi connectivity index (χ1v) is 8.24. The number of hydrogen-bond acceptors (Lipinski definition) is 4. The summed E-state index contributed by atoms with van der Waals surface area (Å²) in [5, 5.41) is 4.65. The minimum Gasteiger partial charge on any atom is -0.362 e. The Morgan fingerprint density at radius 2 is 2.22 bits per heavy atom. The van der Waals surface area contributed by atoms with Gasteiger partial charge in [-0.3, -0.25) is 4.99 Å². The maximum Gasteiger partial charge on any atom is 0.156 e. The van der Waals surface area contributed by atoms with E-state index in [0.717, 1.165) is 23.9 Å². The predicted octanol–water partition coefficient (Wildman–Crippen LogP) is 3.71. The van der Waals surface area contributed by atoms with Gasteiger partial charge >= 0.3 is 0 Å². The van der Waals surface area contributed by atoms with Gasteiger partial charge in [-0.2, -0.15) is 0 Å². The van der Waals surface area contributed by atoms with Gasteiger partial charge in [0.1, 0.15) is 0 Å². The summed E-state index contributed by atoms with van der Waals surface area (Å²) >= 11 is 3.75. The molecule has 1 atom stereocenters. The van der Waals surface area contributed by atoms with Crippen molar-refractivity contribution in [2.75, 3.05) is 12.3 Å². The number of aryl methyl sites for hydroxylation is 1. The molecular weight excluding hydrogens is 260 g/mol. The number of nitrogens with zero attached hydrogens (tertiary/aromatic N) is 1. The monoisotopic (exact) mass is 282 g/mol. The molecule has 18 heavy (non-hydrogen) atoms. The molecule has 0 aromatic carbocycles. The van der Waals surface area contributed by atoms with E-state index in [0.29, 0.717) is 11.5 Å². The van der Waals surface area contributed by atoms with Crippen molar-refractivity contribution in [3.8, 4) is 0 Å². The van der Waals surface area contributed by atoms with Gasteiger partial charge in [0.2, 0.25) is 0 Å². The van der Waals surface area contributed by atoms with Crippen LogP contribution in [-0.2, 0) is 6.42 Å². The Balaban J connectivity index is 1.85. The molecule has 0 saturated carbocycles. The largest absolute Gasteiger partial charge is 0.362 e. The highest BCUT2D eigenvalue weighted by molar-refractivity contribution is 8.13. The van der Waals surface area contributed by atoms with E-state index in [4.69, 9.17) is 0 Å². The number of amidine groups is 1. The van der Waals surface area contributed by atoms with Crippen LogP contribution >= 0.6 is 23.1 Å². The van der Waals surface area contributed by atoms with Crippen LogP contribution in [0.4, 0.5) is 0 Å². The third-order valence-corrected chi connectivity index (χ3v) is 5.39. The highest BCUT2D eigenvalue weighted by atomic mass is 32.2. The predicted molar refractivity (Wildman–Crippen MR) is 83.9 cm³/mol. The molecule has 2 nitrogen and oxygen atoms in total. The Morgan fingerprint density at radius 1 is 1.44 bits per heavy atom. The van der Waals surface area contributed by atoms with Crippen LogP contribution in [0.5, 0.6) is 0 Å². The standard InChI is InChI=1S/C14H22N2S2/c1-10(7-12-6-5-11(2)18-12)16-13-15-8-14(3,4)9-17-13/h5-6,10H,7-9H2,1-4H3,(H,15,16). The quantitative estimate of drug-likeness (QED) is 0.914. The van der Waals surface area contributed by atoms with E-state index in [9.17, 15) is 0 Å². The van der Waals surface area contributed by atoms with Crippen LogP contribution in [0, 0.1) is 12.3 Å². The van der Waals surface area contributed by atoms with Crippen LogP contribution in [0.15, 0.2) is 17.1 Å². The summed E-state index contributed by atoms with van der Waals surface area (Å²) in [6.07, 6.45) is 1.08. The summed E-state index contributed by atoms with van der Waals surface area (Å²) in [6.45, 7) is 9.89. The van der Waals surface area contributed by atoms with Crippen molar-refractivity contribution in [1.29, 1.82) is 0 Å². The fourth-order valence-electron chi connectivity index (χ4n) is 1.89. The zero-order valence-corrected chi connectivity index (χ0v) is 13.3. The van der Waals surface area contributed by atoms with Gasteiger partial charge in [0.05, 0.1) is 0 Å². The van der Waals surface area contributed by atoms with Crippen molar-refractivity contribution < 1.29 is 0 Å². The number of nitrogens with one attached hydrogen (secondary N) is 1. The van der Waals surface area contributed by atoms with Crippen molar-refractivity contribution in [3.63, 3.8) is 0 Å². The lowest BCUT2D eigenvalue weighted by atomic mass is 9.97. The lowest BCUT2D eigenvalue weighted by molar-refractivity contribution is 0.436. The first-order chi connectivity index (χ1) is 8.44. The highest BCUT2D eigenvalue weighted by Crippen LogP contribution is 2.27. The van der Waals surface area contributed by atoms with Crippen LogP contribution in [-0.4, -0.2) is 23.5 Å². The summed E-state index contributed by atoms with van der Waals surface area (Å²) < 4.78 is 0. The lowest BCUT2D eigenvalue weighted by Gasteiger charge is -2.28. The second-order valence-electron chi connectivity index (χ2n) is 5.84. The number of thiophene rings is 1. The number of aliphatic imine (C=N–C) groups is 1. The first-order valence-electron chi connectivity index (χ1n) is 6.44. The molecule has 2 rings (SSSR count). The summed E-state index contributed by atoms with van der Waals surface area (Å²) in [4.78, 5) is 7.49. The summed E-state index contributed by atoms with van der Waals surface area (Å²) in [7, 11) is 0. The molecule has 1 unspecified atom stereocenters. The van der Waals surface area contributed by atoms with Crippen LogP contribution in [0.2, 0.25) is 0 Å². The van der Waals surface area contributed by atoms with E-state index in [1.165, 1.54) is 9.75 Å². The van der Waals surface area contributed by atoms with Gasteiger partial charge in [0.25, 0.3) is 0 Å². The minimum atomic E-state index is 0.351. The molecule has 0 aliphatic carbocycles. The fourth-order valence-corrected chi connectivity index (χ4v) is 3.96. The SMILES string of the molecule is Cc1ccc(CC(C)NC2=NCC(C)(C)CS2)s1. The van der Waals surface area contributed by atoms with Crippen molar-refractivity contribution in [2.45, 2.75) is 40.2 Å². The zero-order chi connectivity index (χ0) is 13.2. The molecule has 0 amide bonds. The summed E-state index contributed by atoms with van der Waals surface area (Å²) in [5.41, 5.74) is 0.351. The second-order valence-corrected chi connectivity index (χ2v) is 8.17. The molecule has 1 aliphatic heterocycles. The Bertz CT molecular complexity index is 435. The lowest BCUT2D eigenvalue weighted by Crippen LogP contribution is -2.36. The van der Waals surface area contributed by atoms with Crippen molar-refractivity contribution >= 4 is 28.3 Å². The molecule has 4 heteroatoms. The zero-order valence-electron chi connectivity index (χ0n) is 11.6. The van der Waals surface area contributed by atoms with Gasteiger partial charge in [-0.05, 0) is 31.4 Å². The molecule has 100 valence electrons. The topological polar surface area (TPSA) is 24.4 Å². The van der Waals surface area contributed by atoms with E-state index < -0.39 is 0 Å². The van der Waals surface area contributed by atoms with Crippen molar-refractivity contribution in [3.05, 3.63) is 21.9 Å². The van der Waals surface area contributed by atoms with Gasteiger partial charge in [-0.1, -0.05) is 25.6 Å². The van der Waals surface area contributed by atoms with Crippen molar-refractivity contribution in [2.24, 2.45) is 10.4 Å². The maximum absolute atomic E-state index is 4.64. The average molecular weight is 282 g/mol. The third kappa shape index (κ3) is 4.02. The molecule has 1 aromatic rings. The van der Waals surface area contributed by atoms with Crippen LogP contribution in [0.1, 0.15) is 30.5 Å². The fraction of sp³-hybridized carbons (Fsp3) is 0.643. The molecule has 0 spiro atoms. The Labute approximate surface area is 118 Å².